The average Bonchev–Trinajstić information content (AvgIpc) is 2.88. The van der Waals surface area contributed by atoms with Crippen molar-refractivity contribution in [3.05, 3.63) is 55.1 Å². The minimum absolute atomic E-state index is 0.362. The summed E-state index contributed by atoms with van der Waals surface area (Å²) < 4.78 is 2.26. The van der Waals surface area contributed by atoms with Crippen LogP contribution in [0.1, 0.15) is 29.8 Å². The molecule has 0 bridgehead atoms. The maximum Gasteiger partial charge on any atom is 0.0380 e. The van der Waals surface area contributed by atoms with E-state index < -0.39 is 0 Å². The number of nitrogens with one attached hydrogen (secondary N) is 1. The normalized spacial score (nSPS) is 12.6. The van der Waals surface area contributed by atoms with Crippen LogP contribution in [0, 0.1) is 0 Å². The van der Waals surface area contributed by atoms with Crippen molar-refractivity contribution in [3.8, 4) is 0 Å². The molecule has 0 saturated carbocycles. The Morgan fingerprint density at radius 3 is 2.74 bits per heavy atom. The van der Waals surface area contributed by atoms with Gasteiger partial charge in [0, 0.05) is 26.3 Å². The van der Waals surface area contributed by atoms with Gasteiger partial charge in [0.2, 0.25) is 0 Å². The third kappa shape index (κ3) is 4.42. The van der Waals surface area contributed by atoms with Crippen LogP contribution in [0.15, 0.2) is 44.7 Å². The van der Waals surface area contributed by atoms with Crippen molar-refractivity contribution >= 4 is 43.2 Å². The van der Waals surface area contributed by atoms with E-state index in [4.69, 9.17) is 0 Å². The molecule has 1 aromatic carbocycles. The van der Waals surface area contributed by atoms with Gasteiger partial charge in [-0.25, -0.2) is 0 Å². The van der Waals surface area contributed by atoms with E-state index in [0.29, 0.717) is 6.04 Å². The molecule has 102 valence electrons. The van der Waals surface area contributed by atoms with Gasteiger partial charge in [-0.3, -0.25) is 0 Å². The van der Waals surface area contributed by atoms with Gasteiger partial charge in [0.05, 0.1) is 0 Å². The lowest BCUT2D eigenvalue weighted by molar-refractivity contribution is 0.530. The molecule has 1 atom stereocenters. The third-order valence-electron chi connectivity index (χ3n) is 2.96. The second kappa shape index (κ2) is 7.58. The summed E-state index contributed by atoms with van der Waals surface area (Å²) in [7, 11) is 0. The number of hydrogen-bond acceptors (Lipinski definition) is 2. The number of halogens is 2. The third-order valence-corrected chi connectivity index (χ3v) is 5.04. The van der Waals surface area contributed by atoms with E-state index in [2.05, 4.69) is 79.8 Å². The van der Waals surface area contributed by atoms with Gasteiger partial charge in [0.15, 0.2) is 0 Å². The fourth-order valence-electron chi connectivity index (χ4n) is 2.02. The van der Waals surface area contributed by atoms with Crippen molar-refractivity contribution in [2.75, 3.05) is 6.54 Å². The predicted octanol–water partition coefficient (Wildman–Crippen LogP) is 5.56. The van der Waals surface area contributed by atoms with Gasteiger partial charge in [-0.15, -0.1) is 11.3 Å². The maximum atomic E-state index is 3.68. The van der Waals surface area contributed by atoms with E-state index in [9.17, 15) is 0 Å². The minimum atomic E-state index is 0.362. The summed E-state index contributed by atoms with van der Waals surface area (Å²) in [6.45, 7) is 3.24. The minimum Gasteiger partial charge on any atom is -0.310 e. The fraction of sp³-hybridized carbons (Fsp3) is 0.333. The molecule has 4 heteroatoms. The molecule has 2 aromatic rings. The van der Waals surface area contributed by atoms with Crippen LogP contribution in [0.4, 0.5) is 0 Å². The predicted molar refractivity (Wildman–Crippen MR) is 90.9 cm³/mol. The van der Waals surface area contributed by atoms with Gasteiger partial charge in [-0.05, 0) is 42.1 Å². The number of benzene rings is 1. The lowest BCUT2D eigenvalue weighted by atomic mass is 10.0. The molecule has 1 heterocycles. The van der Waals surface area contributed by atoms with Crippen molar-refractivity contribution in [1.29, 1.82) is 0 Å². The van der Waals surface area contributed by atoms with Gasteiger partial charge in [0.25, 0.3) is 0 Å². The molecule has 0 spiro atoms. The topological polar surface area (TPSA) is 12.0 Å². The smallest absolute Gasteiger partial charge is 0.0380 e. The van der Waals surface area contributed by atoms with Crippen molar-refractivity contribution in [2.45, 2.75) is 25.8 Å². The zero-order valence-corrected chi connectivity index (χ0v) is 14.8. The highest BCUT2D eigenvalue weighted by molar-refractivity contribution is 9.11. The summed E-state index contributed by atoms with van der Waals surface area (Å²) in [5, 5.41) is 5.79. The van der Waals surface area contributed by atoms with E-state index in [1.54, 1.807) is 0 Å². The largest absolute Gasteiger partial charge is 0.310 e. The molecule has 1 nitrogen and oxygen atoms in total. The highest BCUT2D eigenvalue weighted by atomic mass is 79.9. The molecule has 1 aromatic heterocycles. The SMILES string of the molecule is CCCNC(Cc1cccs1)c1ccc(Br)cc1Br. The molecular weight excluding hydrogens is 386 g/mol. The highest BCUT2D eigenvalue weighted by Gasteiger charge is 2.15. The molecule has 1 unspecified atom stereocenters. The molecule has 0 aliphatic heterocycles. The van der Waals surface area contributed by atoms with Crippen LogP contribution in [-0.4, -0.2) is 6.54 Å². The molecule has 0 fully saturated rings. The standard InChI is InChI=1S/C15H17Br2NS/c1-2-7-18-15(10-12-4-3-8-19-12)13-6-5-11(16)9-14(13)17/h3-6,8-9,15,18H,2,7,10H2,1H3. The zero-order valence-electron chi connectivity index (χ0n) is 10.8. The lowest BCUT2D eigenvalue weighted by Gasteiger charge is -2.20. The fourth-order valence-corrected chi connectivity index (χ4v) is 4.10. The number of rotatable bonds is 6. The monoisotopic (exact) mass is 401 g/mol. The highest BCUT2D eigenvalue weighted by Crippen LogP contribution is 2.29. The summed E-state index contributed by atoms with van der Waals surface area (Å²) in [4.78, 5) is 1.42. The quantitative estimate of drug-likeness (QED) is 0.667. The zero-order chi connectivity index (χ0) is 13.7. The van der Waals surface area contributed by atoms with Gasteiger partial charge in [-0.2, -0.15) is 0 Å². The van der Waals surface area contributed by atoms with Crippen LogP contribution in [0.5, 0.6) is 0 Å². The van der Waals surface area contributed by atoms with Crippen molar-refractivity contribution < 1.29 is 0 Å². The summed E-state index contributed by atoms with van der Waals surface area (Å²) in [6.07, 6.45) is 2.19. The Hall–Kier alpha value is -0.160. The summed E-state index contributed by atoms with van der Waals surface area (Å²) in [5.41, 5.74) is 1.32. The Labute approximate surface area is 135 Å². The Morgan fingerprint density at radius 1 is 1.26 bits per heavy atom. The van der Waals surface area contributed by atoms with Crippen molar-refractivity contribution in [1.82, 2.24) is 5.32 Å². The lowest BCUT2D eigenvalue weighted by Crippen LogP contribution is -2.24. The molecule has 0 saturated heterocycles. The van der Waals surface area contributed by atoms with Gasteiger partial charge >= 0.3 is 0 Å². The Balaban J connectivity index is 2.20. The molecule has 19 heavy (non-hydrogen) atoms. The number of thiophene rings is 1. The van der Waals surface area contributed by atoms with Crippen LogP contribution >= 0.6 is 43.2 Å². The van der Waals surface area contributed by atoms with Gasteiger partial charge in [0.1, 0.15) is 0 Å². The molecule has 0 aliphatic carbocycles. The van der Waals surface area contributed by atoms with E-state index in [-0.39, 0.29) is 0 Å². The Morgan fingerprint density at radius 2 is 2.11 bits per heavy atom. The summed E-state index contributed by atoms with van der Waals surface area (Å²) in [5.74, 6) is 0. The van der Waals surface area contributed by atoms with Crippen LogP contribution in [0.3, 0.4) is 0 Å². The van der Waals surface area contributed by atoms with E-state index >= 15 is 0 Å². The average molecular weight is 403 g/mol. The maximum absolute atomic E-state index is 3.68. The number of hydrogen-bond donors (Lipinski definition) is 1. The van der Waals surface area contributed by atoms with E-state index in [1.165, 1.54) is 10.4 Å². The van der Waals surface area contributed by atoms with E-state index in [1.807, 2.05) is 11.3 Å². The second-order valence-electron chi connectivity index (χ2n) is 4.46. The summed E-state index contributed by atoms with van der Waals surface area (Å²) >= 11 is 9.01. The first-order chi connectivity index (χ1) is 9.20. The first kappa shape index (κ1) is 15.2. The van der Waals surface area contributed by atoms with Crippen molar-refractivity contribution in [3.63, 3.8) is 0 Å². The Bertz CT molecular complexity index is 511. The van der Waals surface area contributed by atoms with Crippen LogP contribution in [0.2, 0.25) is 0 Å². The molecule has 0 radical (unpaired) electrons. The van der Waals surface area contributed by atoms with Crippen molar-refractivity contribution in [2.24, 2.45) is 0 Å². The van der Waals surface area contributed by atoms with Crippen LogP contribution in [0.25, 0.3) is 0 Å². The second-order valence-corrected chi connectivity index (χ2v) is 7.26. The Kier molecular flexibility index (Phi) is 6.07. The van der Waals surface area contributed by atoms with E-state index in [0.717, 1.165) is 28.3 Å². The van der Waals surface area contributed by atoms with Gasteiger partial charge < -0.3 is 5.32 Å². The molecule has 2 rings (SSSR count). The molecule has 0 aliphatic rings. The molecule has 0 amide bonds. The first-order valence-electron chi connectivity index (χ1n) is 6.41. The van der Waals surface area contributed by atoms with Crippen LogP contribution in [-0.2, 0) is 6.42 Å². The summed E-state index contributed by atoms with van der Waals surface area (Å²) in [6, 6.07) is 11.1. The molecule has 1 N–H and O–H groups in total. The molecular formula is C15H17Br2NS. The van der Waals surface area contributed by atoms with Crippen LogP contribution < -0.4 is 5.32 Å². The first-order valence-corrected chi connectivity index (χ1v) is 8.88. The van der Waals surface area contributed by atoms with Gasteiger partial charge in [-0.1, -0.05) is 50.9 Å².